The molecular formula is C17H23N5O5. The average molecular weight is 377 g/mol. The molecule has 3 rings (SSSR count). The molecule has 1 fully saturated rings. The van der Waals surface area contributed by atoms with Crippen molar-refractivity contribution in [2.24, 2.45) is 14.1 Å². The van der Waals surface area contributed by atoms with Gasteiger partial charge in [0.1, 0.15) is 6.54 Å². The quantitative estimate of drug-likeness (QED) is 0.763. The number of carboxylic acids is 1. The maximum absolute atomic E-state index is 12.9. The Bertz CT molecular complexity index is 1000. The molecule has 0 bridgehead atoms. The van der Waals surface area contributed by atoms with Crippen LogP contribution < -0.4 is 11.2 Å². The molecule has 1 atom stereocenters. The Kier molecular flexibility index (Phi) is 5.15. The van der Waals surface area contributed by atoms with Gasteiger partial charge in [-0.1, -0.05) is 0 Å². The zero-order chi connectivity index (χ0) is 19.7. The number of nitrogens with zero attached hydrogens (tertiary/aromatic N) is 5. The molecule has 3 heterocycles. The van der Waals surface area contributed by atoms with E-state index in [4.69, 9.17) is 5.11 Å². The van der Waals surface area contributed by atoms with Gasteiger partial charge < -0.3 is 14.6 Å². The number of piperidine rings is 1. The molecule has 2 aromatic rings. The van der Waals surface area contributed by atoms with Crippen molar-refractivity contribution in [1.29, 1.82) is 0 Å². The third kappa shape index (κ3) is 3.51. The Morgan fingerprint density at radius 2 is 1.96 bits per heavy atom. The van der Waals surface area contributed by atoms with Gasteiger partial charge in [-0.2, -0.15) is 0 Å². The second kappa shape index (κ2) is 7.37. The Morgan fingerprint density at radius 1 is 1.22 bits per heavy atom. The van der Waals surface area contributed by atoms with Gasteiger partial charge in [0.25, 0.3) is 5.56 Å². The van der Waals surface area contributed by atoms with Crippen molar-refractivity contribution in [3.05, 3.63) is 27.2 Å². The lowest BCUT2D eigenvalue weighted by atomic mass is 9.98. The summed E-state index contributed by atoms with van der Waals surface area (Å²) in [6.07, 6.45) is 4.44. The molecule has 0 aliphatic carbocycles. The summed E-state index contributed by atoms with van der Waals surface area (Å²) in [4.78, 5) is 54.1. The molecule has 27 heavy (non-hydrogen) atoms. The standard InChI is InChI=1S/C17H23N5O5/c1-19-15-14(16(26)20(2)17(19)27)21(10-18-15)9-12(23)22-8-4-3-5-11(22)6-7-13(24)25/h10-11H,3-9H2,1-2H3,(H,24,25). The largest absolute Gasteiger partial charge is 0.481 e. The van der Waals surface area contributed by atoms with Gasteiger partial charge in [0.2, 0.25) is 5.91 Å². The fourth-order valence-corrected chi connectivity index (χ4v) is 3.67. The van der Waals surface area contributed by atoms with Crippen molar-refractivity contribution >= 4 is 23.0 Å². The third-order valence-electron chi connectivity index (χ3n) is 5.16. The topological polar surface area (TPSA) is 119 Å². The molecule has 1 amide bonds. The van der Waals surface area contributed by atoms with Crippen LogP contribution in [0, 0.1) is 0 Å². The number of carboxylic acid groups (broad SMARTS) is 1. The predicted molar refractivity (Wildman–Crippen MR) is 96.4 cm³/mol. The molecule has 1 aliphatic heterocycles. The summed E-state index contributed by atoms with van der Waals surface area (Å²) in [7, 11) is 2.91. The molecule has 0 radical (unpaired) electrons. The van der Waals surface area contributed by atoms with E-state index in [2.05, 4.69) is 4.98 Å². The van der Waals surface area contributed by atoms with Crippen molar-refractivity contribution in [1.82, 2.24) is 23.6 Å². The highest BCUT2D eigenvalue weighted by atomic mass is 16.4. The second-order valence-electron chi connectivity index (χ2n) is 6.92. The number of hydrogen-bond donors (Lipinski definition) is 1. The first-order valence-electron chi connectivity index (χ1n) is 8.93. The lowest BCUT2D eigenvalue weighted by molar-refractivity contribution is -0.140. The van der Waals surface area contributed by atoms with Gasteiger partial charge in [-0.3, -0.25) is 23.5 Å². The van der Waals surface area contributed by atoms with Crippen LogP contribution in [0.1, 0.15) is 32.1 Å². The van der Waals surface area contributed by atoms with Crippen LogP contribution in [0.5, 0.6) is 0 Å². The number of carbonyl (C=O) groups is 2. The number of aliphatic carboxylic acids is 1. The minimum Gasteiger partial charge on any atom is -0.481 e. The molecule has 0 saturated carbocycles. The zero-order valence-electron chi connectivity index (χ0n) is 15.4. The molecule has 0 spiro atoms. The number of carbonyl (C=O) groups excluding carboxylic acids is 1. The minimum atomic E-state index is -0.877. The summed E-state index contributed by atoms with van der Waals surface area (Å²) < 4.78 is 3.72. The number of hydrogen-bond acceptors (Lipinski definition) is 5. The smallest absolute Gasteiger partial charge is 0.332 e. The van der Waals surface area contributed by atoms with Crippen LogP contribution >= 0.6 is 0 Å². The van der Waals surface area contributed by atoms with Gasteiger partial charge in [0.05, 0.1) is 6.33 Å². The molecule has 1 unspecified atom stereocenters. The number of fused-ring (bicyclic) bond motifs is 1. The van der Waals surface area contributed by atoms with Crippen molar-refractivity contribution < 1.29 is 14.7 Å². The van der Waals surface area contributed by atoms with Crippen LogP contribution in [0.3, 0.4) is 0 Å². The summed E-state index contributed by atoms with van der Waals surface area (Å²) in [5, 5.41) is 8.92. The van der Waals surface area contributed by atoms with Crippen LogP contribution in [0.15, 0.2) is 15.9 Å². The lowest BCUT2D eigenvalue weighted by Gasteiger charge is -2.35. The highest BCUT2D eigenvalue weighted by Crippen LogP contribution is 2.21. The fourth-order valence-electron chi connectivity index (χ4n) is 3.67. The Hall–Kier alpha value is -2.91. The van der Waals surface area contributed by atoms with E-state index in [1.165, 1.54) is 29.6 Å². The summed E-state index contributed by atoms with van der Waals surface area (Å²) in [6, 6.07) is -0.107. The van der Waals surface area contributed by atoms with E-state index in [-0.39, 0.29) is 36.1 Å². The highest BCUT2D eigenvalue weighted by molar-refractivity contribution is 5.79. The molecule has 2 aromatic heterocycles. The van der Waals surface area contributed by atoms with E-state index in [1.807, 2.05) is 0 Å². The molecular weight excluding hydrogens is 354 g/mol. The van der Waals surface area contributed by atoms with E-state index in [1.54, 1.807) is 4.90 Å². The Balaban J connectivity index is 1.88. The van der Waals surface area contributed by atoms with Crippen LogP contribution in [-0.4, -0.2) is 53.2 Å². The SMILES string of the molecule is Cn1c(=O)c2c(ncn2CC(=O)N2CCCCC2CCC(=O)O)n(C)c1=O. The Labute approximate surface area is 154 Å². The van der Waals surface area contributed by atoms with E-state index < -0.39 is 17.2 Å². The molecule has 146 valence electrons. The zero-order valence-corrected chi connectivity index (χ0v) is 15.4. The van der Waals surface area contributed by atoms with Crippen LogP contribution in [-0.2, 0) is 30.2 Å². The lowest BCUT2D eigenvalue weighted by Crippen LogP contribution is -2.45. The van der Waals surface area contributed by atoms with Gasteiger partial charge in [-0.25, -0.2) is 9.78 Å². The van der Waals surface area contributed by atoms with Crippen LogP contribution in [0.25, 0.3) is 11.2 Å². The molecule has 1 aliphatic rings. The average Bonchev–Trinajstić information content (AvgIpc) is 3.06. The first-order chi connectivity index (χ1) is 12.8. The first-order valence-corrected chi connectivity index (χ1v) is 8.93. The van der Waals surface area contributed by atoms with Crippen LogP contribution in [0.2, 0.25) is 0 Å². The summed E-state index contributed by atoms with van der Waals surface area (Å²) in [6.45, 7) is 0.500. The van der Waals surface area contributed by atoms with E-state index in [0.29, 0.717) is 13.0 Å². The maximum Gasteiger partial charge on any atom is 0.332 e. The Morgan fingerprint density at radius 3 is 2.67 bits per heavy atom. The number of imidazole rings is 1. The van der Waals surface area contributed by atoms with Gasteiger partial charge in [0.15, 0.2) is 11.2 Å². The molecule has 0 aromatic carbocycles. The number of rotatable bonds is 5. The van der Waals surface area contributed by atoms with E-state index in [9.17, 15) is 19.2 Å². The highest BCUT2D eigenvalue weighted by Gasteiger charge is 2.28. The van der Waals surface area contributed by atoms with Crippen molar-refractivity contribution in [2.75, 3.05) is 6.54 Å². The number of aryl methyl sites for hydroxylation is 1. The summed E-state index contributed by atoms with van der Waals surface area (Å²) >= 11 is 0. The molecule has 10 heteroatoms. The first kappa shape index (κ1) is 18.9. The normalized spacial score (nSPS) is 17.4. The molecule has 1 saturated heterocycles. The van der Waals surface area contributed by atoms with Gasteiger partial charge >= 0.3 is 11.7 Å². The fraction of sp³-hybridized carbons (Fsp3) is 0.588. The van der Waals surface area contributed by atoms with Crippen molar-refractivity contribution in [2.45, 2.75) is 44.7 Å². The summed E-state index contributed by atoms with van der Waals surface area (Å²) in [5.41, 5.74) is -0.544. The third-order valence-corrected chi connectivity index (χ3v) is 5.16. The van der Waals surface area contributed by atoms with E-state index >= 15 is 0 Å². The molecule has 1 N–H and O–H groups in total. The number of amides is 1. The van der Waals surface area contributed by atoms with Gasteiger partial charge in [-0.05, 0) is 25.7 Å². The van der Waals surface area contributed by atoms with Crippen molar-refractivity contribution in [3.8, 4) is 0 Å². The second-order valence-corrected chi connectivity index (χ2v) is 6.92. The summed E-state index contributed by atoms with van der Waals surface area (Å²) in [5.74, 6) is -1.06. The molecule has 10 nitrogen and oxygen atoms in total. The van der Waals surface area contributed by atoms with Gasteiger partial charge in [0, 0.05) is 33.1 Å². The predicted octanol–water partition coefficient (Wildman–Crippen LogP) is -0.320. The van der Waals surface area contributed by atoms with E-state index in [0.717, 1.165) is 23.8 Å². The number of likely N-dealkylation sites (tertiary alicyclic amines) is 1. The number of aromatic nitrogens is 4. The van der Waals surface area contributed by atoms with Gasteiger partial charge in [-0.15, -0.1) is 0 Å². The minimum absolute atomic E-state index is 0.0190. The van der Waals surface area contributed by atoms with Crippen LogP contribution in [0.4, 0.5) is 0 Å². The maximum atomic E-state index is 12.9. The monoisotopic (exact) mass is 377 g/mol. The van der Waals surface area contributed by atoms with Crippen molar-refractivity contribution in [3.63, 3.8) is 0 Å².